The summed E-state index contributed by atoms with van der Waals surface area (Å²) in [5.41, 5.74) is 1.74. The predicted molar refractivity (Wildman–Crippen MR) is 83.8 cm³/mol. The SMILES string of the molecule is CC(=O)c1cccc(NC(=O)c2ccn(C(C)(C)C)c2)c1. The minimum absolute atomic E-state index is 0.0232. The van der Waals surface area contributed by atoms with Crippen LogP contribution in [-0.2, 0) is 5.54 Å². The van der Waals surface area contributed by atoms with Gasteiger partial charge in [0.25, 0.3) is 5.91 Å². The van der Waals surface area contributed by atoms with Gasteiger partial charge in [-0.25, -0.2) is 0 Å². The molecule has 0 unspecified atom stereocenters. The molecule has 0 saturated heterocycles. The van der Waals surface area contributed by atoms with Crippen molar-refractivity contribution in [2.75, 3.05) is 5.32 Å². The van der Waals surface area contributed by atoms with Crippen molar-refractivity contribution in [3.05, 3.63) is 53.9 Å². The molecule has 2 rings (SSSR count). The lowest BCUT2D eigenvalue weighted by atomic mass is 10.1. The van der Waals surface area contributed by atoms with E-state index in [-0.39, 0.29) is 17.2 Å². The number of nitrogens with one attached hydrogen (secondary N) is 1. The zero-order valence-electron chi connectivity index (χ0n) is 12.8. The Bertz CT molecular complexity index is 678. The number of aromatic nitrogens is 1. The highest BCUT2D eigenvalue weighted by molar-refractivity contribution is 6.05. The second kappa shape index (κ2) is 5.56. The zero-order chi connectivity index (χ0) is 15.6. The van der Waals surface area contributed by atoms with E-state index in [0.717, 1.165) is 0 Å². The summed E-state index contributed by atoms with van der Waals surface area (Å²) in [6.07, 6.45) is 3.71. The van der Waals surface area contributed by atoms with Crippen molar-refractivity contribution in [2.24, 2.45) is 0 Å². The number of rotatable bonds is 3. The van der Waals surface area contributed by atoms with E-state index in [1.165, 1.54) is 6.92 Å². The van der Waals surface area contributed by atoms with Crippen molar-refractivity contribution in [3.63, 3.8) is 0 Å². The van der Waals surface area contributed by atoms with Crippen molar-refractivity contribution in [2.45, 2.75) is 33.2 Å². The van der Waals surface area contributed by atoms with E-state index in [2.05, 4.69) is 26.1 Å². The second-order valence-electron chi connectivity index (χ2n) is 6.07. The predicted octanol–water partition coefficient (Wildman–Crippen LogP) is 3.70. The molecule has 0 bridgehead atoms. The van der Waals surface area contributed by atoms with Crippen LogP contribution in [0.5, 0.6) is 0 Å². The molecule has 1 heterocycles. The number of nitrogens with zero attached hydrogens (tertiary/aromatic N) is 1. The summed E-state index contributed by atoms with van der Waals surface area (Å²) in [7, 11) is 0. The summed E-state index contributed by atoms with van der Waals surface area (Å²) in [4.78, 5) is 23.6. The standard InChI is InChI=1S/C17H20N2O2/c1-12(20)13-6-5-7-15(10-13)18-16(21)14-8-9-19(11-14)17(2,3)4/h5-11H,1-4H3,(H,18,21). The summed E-state index contributed by atoms with van der Waals surface area (Å²) >= 11 is 0. The minimum Gasteiger partial charge on any atom is -0.348 e. The van der Waals surface area contributed by atoms with E-state index in [1.54, 1.807) is 30.3 Å². The molecule has 110 valence electrons. The van der Waals surface area contributed by atoms with Gasteiger partial charge in [-0.15, -0.1) is 0 Å². The fraction of sp³-hybridized carbons (Fsp3) is 0.294. The minimum atomic E-state index is -0.182. The van der Waals surface area contributed by atoms with Crippen LogP contribution < -0.4 is 5.32 Å². The third-order valence-electron chi connectivity index (χ3n) is 3.26. The van der Waals surface area contributed by atoms with Crippen LogP contribution in [-0.4, -0.2) is 16.3 Å². The monoisotopic (exact) mass is 284 g/mol. The third-order valence-corrected chi connectivity index (χ3v) is 3.26. The van der Waals surface area contributed by atoms with Crippen LogP contribution >= 0.6 is 0 Å². The van der Waals surface area contributed by atoms with Gasteiger partial charge in [-0.05, 0) is 45.9 Å². The number of benzene rings is 1. The number of amides is 1. The second-order valence-corrected chi connectivity index (χ2v) is 6.07. The Morgan fingerprint density at radius 3 is 2.38 bits per heavy atom. The first-order chi connectivity index (χ1) is 9.77. The van der Waals surface area contributed by atoms with Gasteiger partial charge in [-0.3, -0.25) is 9.59 Å². The highest BCUT2D eigenvalue weighted by Gasteiger charge is 2.15. The molecule has 0 saturated carbocycles. The Hall–Kier alpha value is -2.36. The Labute approximate surface area is 124 Å². The molecule has 0 aliphatic heterocycles. The maximum Gasteiger partial charge on any atom is 0.257 e. The van der Waals surface area contributed by atoms with Crippen LogP contribution in [0.25, 0.3) is 0 Å². The van der Waals surface area contributed by atoms with Crippen LogP contribution in [0.15, 0.2) is 42.7 Å². The molecule has 0 radical (unpaired) electrons. The maximum atomic E-state index is 12.2. The van der Waals surface area contributed by atoms with Crippen LogP contribution in [0.4, 0.5) is 5.69 Å². The van der Waals surface area contributed by atoms with Crippen LogP contribution in [0.1, 0.15) is 48.4 Å². The Balaban J connectivity index is 2.16. The first-order valence-electron chi connectivity index (χ1n) is 6.88. The fourth-order valence-corrected chi connectivity index (χ4v) is 1.97. The number of carbonyl (C=O) groups is 2. The smallest absolute Gasteiger partial charge is 0.257 e. The van der Waals surface area contributed by atoms with Crippen molar-refractivity contribution in [3.8, 4) is 0 Å². The fourth-order valence-electron chi connectivity index (χ4n) is 1.97. The Kier molecular flexibility index (Phi) is 3.98. The van der Waals surface area contributed by atoms with Gasteiger partial charge >= 0.3 is 0 Å². The van der Waals surface area contributed by atoms with Gasteiger partial charge in [0.2, 0.25) is 0 Å². The molecule has 4 heteroatoms. The molecule has 2 aromatic rings. The topological polar surface area (TPSA) is 51.1 Å². The number of Topliss-reactive ketones (excluding diaryl/α,β-unsaturated/α-hetero) is 1. The average Bonchev–Trinajstić information content (AvgIpc) is 2.88. The molecule has 0 fully saturated rings. The molecule has 0 atom stereocenters. The largest absolute Gasteiger partial charge is 0.348 e. The quantitative estimate of drug-likeness (QED) is 0.874. The van der Waals surface area contributed by atoms with Gasteiger partial charge in [-0.1, -0.05) is 12.1 Å². The van der Waals surface area contributed by atoms with Crippen LogP contribution in [0.3, 0.4) is 0 Å². The number of anilines is 1. The first kappa shape index (κ1) is 15.0. The van der Waals surface area contributed by atoms with Crippen molar-refractivity contribution in [1.82, 2.24) is 4.57 Å². The van der Waals surface area contributed by atoms with Gasteiger partial charge in [-0.2, -0.15) is 0 Å². The molecule has 0 aliphatic rings. The first-order valence-corrected chi connectivity index (χ1v) is 6.88. The number of carbonyl (C=O) groups excluding carboxylic acids is 2. The van der Waals surface area contributed by atoms with Gasteiger partial charge in [0, 0.05) is 29.2 Å². The van der Waals surface area contributed by atoms with E-state index in [0.29, 0.717) is 16.8 Å². The van der Waals surface area contributed by atoms with E-state index >= 15 is 0 Å². The van der Waals surface area contributed by atoms with Gasteiger partial charge in [0.15, 0.2) is 5.78 Å². The van der Waals surface area contributed by atoms with Gasteiger partial charge < -0.3 is 9.88 Å². The summed E-state index contributed by atoms with van der Waals surface area (Å²) in [5.74, 6) is -0.205. The van der Waals surface area contributed by atoms with Crippen LogP contribution in [0.2, 0.25) is 0 Å². The van der Waals surface area contributed by atoms with Gasteiger partial charge in [0.05, 0.1) is 5.56 Å². The average molecular weight is 284 g/mol. The number of ketones is 1. The molecule has 1 aromatic heterocycles. The number of hydrogen-bond donors (Lipinski definition) is 1. The van der Waals surface area contributed by atoms with Gasteiger partial charge in [0.1, 0.15) is 0 Å². The van der Waals surface area contributed by atoms with Crippen molar-refractivity contribution in [1.29, 1.82) is 0 Å². The maximum absolute atomic E-state index is 12.2. The molecule has 1 aromatic carbocycles. The Morgan fingerprint density at radius 1 is 1.10 bits per heavy atom. The molecular formula is C17H20N2O2. The molecule has 1 N–H and O–H groups in total. The highest BCUT2D eigenvalue weighted by atomic mass is 16.1. The molecule has 21 heavy (non-hydrogen) atoms. The zero-order valence-corrected chi connectivity index (χ0v) is 12.8. The molecule has 0 spiro atoms. The van der Waals surface area contributed by atoms with Crippen molar-refractivity contribution < 1.29 is 9.59 Å². The highest BCUT2D eigenvalue weighted by Crippen LogP contribution is 2.17. The van der Waals surface area contributed by atoms with Crippen molar-refractivity contribution >= 4 is 17.4 Å². The molecular weight excluding hydrogens is 264 g/mol. The number of hydrogen-bond acceptors (Lipinski definition) is 2. The summed E-state index contributed by atoms with van der Waals surface area (Å²) in [6, 6.07) is 8.72. The van der Waals surface area contributed by atoms with E-state index in [1.807, 2.05) is 17.0 Å². The van der Waals surface area contributed by atoms with E-state index < -0.39 is 0 Å². The van der Waals surface area contributed by atoms with Crippen LogP contribution in [0, 0.1) is 0 Å². The third kappa shape index (κ3) is 3.60. The normalized spacial score (nSPS) is 11.2. The summed E-state index contributed by atoms with van der Waals surface area (Å²) in [5, 5.41) is 2.81. The molecule has 4 nitrogen and oxygen atoms in total. The van der Waals surface area contributed by atoms with E-state index in [9.17, 15) is 9.59 Å². The summed E-state index contributed by atoms with van der Waals surface area (Å²) in [6.45, 7) is 7.73. The lowest BCUT2D eigenvalue weighted by Crippen LogP contribution is -2.20. The lowest BCUT2D eigenvalue weighted by molar-refractivity contribution is 0.101. The van der Waals surface area contributed by atoms with E-state index in [4.69, 9.17) is 0 Å². The molecule has 1 amide bonds. The Morgan fingerprint density at radius 2 is 1.81 bits per heavy atom. The molecule has 0 aliphatic carbocycles. The summed E-state index contributed by atoms with van der Waals surface area (Å²) < 4.78 is 1.99. The lowest BCUT2D eigenvalue weighted by Gasteiger charge is -2.20.